The van der Waals surface area contributed by atoms with Gasteiger partial charge in [-0.1, -0.05) is 11.2 Å². The standard InChI is InChI=1S/C13H15FN2O2/c1-16(9-11-5-6-18-15-11)8-10-3-4-12(14)13(7-10)17-2/h3-7H,8-9H2,1-2H3. The summed E-state index contributed by atoms with van der Waals surface area (Å²) in [6.45, 7) is 1.36. The molecule has 4 nitrogen and oxygen atoms in total. The highest BCUT2D eigenvalue weighted by molar-refractivity contribution is 5.30. The number of aromatic nitrogens is 1. The Morgan fingerprint density at radius 3 is 2.83 bits per heavy atom. The summed E-state index contributed by atoms with van der Waals surface area (Å²) in [6.07, 6.45) is 1.55. The minimum Gasteiger partial charge on any atom is -0.494 e. The molecule has 96 valence electrons. The molecule has 0 amide bonds. The molecule has 0 spiro atoms. The van der Waals surface area contributed by atoms with Crippen molar-refractivity contribution < 1.29 is 13.7 Å². The number of hydrogen-bond acceptors (Lipinski definition) is 4. The average Bonchev–Trinajstić information content (AvgIpc) is 2.84. The molecule has 2 aromatic rings. The quantitative estimate of drug-likeness (QED) is 0.817. The van der Waals surface area contributed by atoms with Gasteiger partial charge in [0.05, 0.1) is 12.8 Å². The Kier molecular flexibility index (Phi) is 3.94. The van der Waals surface area contributed by atoms with Gasteiger partial charge in [-0.05, 0) is 24.7 Å². The molecule has 1 aromatic heterocycles. The summed E-state index contributed by atoms with van der Waals surface area (Å²) in [5.74, 6) is -0.0808. The van der Waals surface area contributed by atoms with Crippen LogP contribution in [0.4, 0.5) is 4.39 Å². The Morgan fingerprint density at radius 1 is 1.33 bits per heavy atom. The van der Waals surface area contributed by atoms with Crippen LogP contribution in [-0.2, 0) is 13.1 Å². The highest BCUT2D eigenvalue weighted by Gasteiger charge is 2.07. The Hall–Kier alpha value is -1.88. The molecule has 0 N–H and O–H groups in total. The van der Waals surface area contributed by atoms with Gasteiger partial charge >= 0.3 is 0 Å². The smallest absolute Gasteiger partial charge is 0.165 e. The molecule has 0 aliphatic heterocycles. The van der Waals surface area contributed by atoms with Crippen molar-refractivity contribution in [1.82, 2.24) is 10.1 Å². The first-order valence-corrected chi connectivity index (χ1v) is 5.59. The molecule has 0 aliphatic carbocycles. The predicted molar refractivity (Wildman–Crippen MR) is 64.6 cm³/mol. The predicted octanol–water partition coefficient (Wildman–Crippen LogP) is 2.45. The van der Waals surface area contributed by atoms with E-state index < -0.39 is 0 Å². The van der Waals surface area contributed by atoms with Crippen molar-refractivity contribution in [2.45, 2.75) is 13.1 Å². The lowest BCUT2D eigenvalue weighted by atomic mass is 10.2. The van der Waals surface area contributed by atoms with Crippen molar-refractivity contribution in [3.05, 3.63) is 47.6 Å². The highest BCUT2D eigenvalue weighted by atomic mass is 19.1. The zero-order valence-corrected chi connectivity index (χ0v) is 10.4. The van der Waals surface area contributed by atoms with Gasteiger partial charge in [0.1, 0.15) is 6.26 Å². The van der Waals surface area contributed by atoms with E-state index in [1.54, 1.807) is 18.4 Å². The Labute approximate surface area is 105 Å². The summed E-state index contributed by atoms with van der Waals surface area (Å²) in [4.78, 5) is 2.06. The molecule has 0 atom stereocenters. The van der Waals surface area contributed by atoms with E-state index >= 15 is 0 Å². The van der Waals surface area contributed by atoms with E-state index in [1.165, 1.54) is 13.2 Å². The SMILES string of the molecule is COc1cc(CN(C)Cc2ccon2)ccc1F. The van der Waals surface area contributed by atoms with Crippen molar-refractivity contribution >= 4 is 0 Å². The molecule has 1 heterocycles. The lowest BCUT2D eigenvalue weighted by Gasteiger charge is -2.15. The topological polar surface area (TPSA) is 38.5 Å². The van der Waals surface area contributed by atoms with Crippen LogP contribution in [0.5, 0.6) is 5.75 Å². The molecule has 0 saturated carbocycles. The fourth-order valence-corrected chi connectivity index (χ4v) is 1.77. The Morgan fingerprint density at radius 2 is 2.17 bits per heavy atom. The van der Waals surface area contributed by atoms with E-state index in [1.807, 2.05) is 13.1 Å². The number of methoxy groups -OCH3 is 1. The third-order valence-corrected chi connectivity index (χ3v) is 2.59. The molecule has 2 rings (SSSR count). The fourth-order valence-electron chi connectivity index (χ4n) is 1.77. The molecule has 1 aromatic carbocycles. The minimum atomic E-state index is -0.347. The van der Waals surface area contributed by atoms with Gasteiger partial charge in [-0.3, -0.25) is 4.90 Å². The maximum atomic E-state index is 13.3. The number of halogens is 1. The van der Waals surface area contributed by atoms with Gasteiger partial charge in [0.25, 0.3) is 0 Å². The third kappa shape index (κ3) is 3.07. The molecular formula is C13H15FN2O2. The van der Waals surface area contributed by atoms with Crippen LogP contribution in [0.1, 0.15) is 11.3 Å². The van der Waals surface area contributed by atoms with Gasteiger partial charge in [0.2, 0.25) is 0 Å². The number of hydrogen-bond donors (Lipinski definition) is 0. The first-order chi connectivity index (χ1) is 8.69. The van der Waals surface area contributed by atoms with Gasteiger partial charge in [-0.25, -0.2) is 4.39 Å². The summed E-state index contributed by atoms with van der Waals surface area (Å²) < 4.78 is 23.0. The van der Waals surface area contributed by atoms with E-state index in [9.17, 15) is 4.39 Å². The van der Waals surface area contributed by atoms with Crippen molar-refractivity contribution in [1.29, 1.82) is 0 Å². The van der Waals surface area contributed by atoms with Crippen LogP contribution in [0, 0.1) is 5.82 Å². The lowest BCUT2D eigenvalue weighted by Crippen LogP contribution is -2.17. The number of nitrogens with zero attached hydrogens (tertiary/aromatic N) is 2. The largest absolute Gasteiger partial charge is 0.494 e. The summed E-state index contributed by atoms with van der Waals surface area (Å²) >= 11 is 0. The number of benzene rings is 1. The summed E-state index contributed by atoms with van der Waals surface area (Å²) in [5, 5.41) is 3.84. The van der Waals surface area contributed by atoms with Gasteiger partial charge in [0, 0.05) is 19.2 Å². The van der Waals surface area contributed by atoms with Crippen LogP contribution in [0.25, 0.3) is 0 Å². The van der Waals surface area contributed by atoms with Gasteiger partial charge in [-0.15, -0.1) is 0 Å². The molecule has 0 radical (unpaired) electrons. The maximum absolute atomic E-state index is 13.3. The maximum Gasteiger partial charge on any atom is 0.165 e. The Bertz CT molecular complexity index is 500. The number of rotatable bonds is 5. The third-order valence-electron chi connectivity index (χ3n) is 2.59. The molecule has 0 fully saturated rings. The molecule has 0 unspecified atom stereocenters. The van der Waals surface area contributed by atoms with Crippen molar-refractivity contribution in [2.75, 3.05) is 14.2 Å². The summed E-state index contributed by atoms with van der Waals surface area (Å²) in [6, 6.07) is 6.69. The molecule has 18 heavy (non-hydrogen) atoms. The highest BCUT2D eigenvalue weighted by Crippen LogP contribution is 2.19. The fraction of sp³-hybridized carbons (Fsp3) is 0.308. The molecular weight excluding hydrogens is 235 g/mol. The van der Waals surface area contributed by atoms with Crippen LogP contribution in [-0.4, -0.2) is 24.2 Å². The average molecular weight is 250 g/mol. The van der Waals surface area contributed by atoms with Crippen LogP contribution < -0.4 is 4.74 Å². The van der Waals surface area contributed by atoms with E-state index in [-0.39, 0.29) is 11.6 Å². The monoisotopic (exact) mass is 250 g/mol. The first-order valence-electron chi connectivity index (χ1n) is 5.59. The normalized spacial score (nSPS) is 10.9. The van der Waals surface area contributed by atoms with Crippen LogP contribution in [0.15, 0.2) is 35.1 Å². The lowest BCUT2D eigenvalue weighted by molar-refractivity contribution is 0.302. The summed E-state index contributed by atoms with van der Waals surface area (Å²) in [7, 11) is 3.42. The van der Waals surface area contributed by atoms with Gasteiger partial charge in [0.15, 0.2) is 11.6 Å². The second-order valence-corrected chi connectivity index (χ2v) is 4.13. The van der Waals surface area contributed by atoms with Crippen molar-refractivity contribution in [3.8, 4) is 5.75 Å². The van der Waals surface area contributed by atoms with E-state index in [0.29, 0.717) is 13.1 Å². The summed E-state index contributed by atoms with van der Waals surface area (Å²) in [5.41, 5.74) is 1.85. The molecule has 0 bridgehead atoms. The molecule has 5 heteroatoms. The minimum absolute atomic E-state index is 0.266. The Balaban J connectivity index is 2.00. The van der Waals surface area contributed by atoms with E-state index in [0.717, 1.165) is 11.3 Å². The van der Waals surface area contributed by atoms with Crippen LogP contribution in [0.2, 0.25) is 0 Å². The van der Waals surface area contributed by atoms with Gasteiger partial charge in [-0.2, -0.15) is 0 Å². The van der Waals surface area contributed by atoms with Crippen LogP contribution >= 0.6 is 0 Å². The number of ether oxygens (including phenoxy) is 1. The van der Waals surface area contributed by atoms with Gasteiger partial charge < -0.3 is 9.26 Å². The van der Waals surface area contributed by atoms with E-state index in [2.05, 4.69) is 10.1 Å². The molecule has 0 aliphatic rings. The second kappa shape index (κ2) is 5.64. The first kappa shape index (κ1) is 12.6. The van der Waals surface area contributed by atoms with Crippen molar-refractivity contribution in [3.63, 3.8) is 0 Å². The van der Waals surface area contributed by atoms with Crippen LogP contribution in [0.3, 0.4) is 0 Å². The molecule has 0 saturated heterocycles. The van der Waals surface area contributed by atoms with Crippen molar-refractivity contribution in [2.24, 2.45) is 0 Å². The zero-order valence-electron chi connectivity index (χ0n) is 10.4. The zero-order chi connectivity index (χ0) is 13.0. The second-order valence-electron chi connectivity index (χ2n) is 4.13. The van der Waals surface area contributed by atoms with E-state index in [4.69, 9.17) is 9.26 Å².